The van der Waals surface area contributed by atoms with E-state index in [0.717, 1.165) is 5.56 Å². The first-order valence-electron chi connectivity index (χ1n) is 8.49. The molecule has 0 radical (unpaired) electrons. The number of nitrogens with two attached hydrogens (primary N) is 1. The molecule has 0 aliphatic carbocycles. The lowest BCUT2D eigenvalue weighted by Gasteiger charge is -2.29. The molecule has 0 saturated carbocycles. The molecule has 146 valence electrons. The van der Waals surface area contributed by atoms with Crippen LogP contribution in [0.3, 0.4) is 0 Å². The lowest BCUT2D eigenvalue weighted by Crippen LogP contribution is -2.26. The first-order chi connectivity index (χ1) is 13.4. The van der Waals surface area contributed by atoms with Crippen LogP contribution in [0.5, 0.6) is 0 Å². The summed E-state index contributed by atoms with van der Waals surface area (Å²) in [6.07, 6.45) is 1.58. The predicted octanol–water partition coefficient (Wildman–Crippen LogP) is 2.59. The molecule has 1 aliphatic rings. The van der Waals surface area contributed by atoms with E-state index in [1.807, 2.05) is 17.0 Å². The Bertz CT molecular complexity index is 950. The average molecular weight is 419 g/mol. The number of benzene rings is 1. The third kappa shape index (κ3) is 4.14. The maximum Gasteiger partial charge on any atom is 0.257 e. The Morgan fingerprint density at radius 3 is 2.75 bits per heavy atom. The van der Waals surface area contributed by atoms with Crippen LogP contribution in [0.1, 0.15) is 23.4 Å². The zero-order valence-corrected chi connectivity index (χ0v) is 16.6. The highest BCUT2D eigenvalue weighted by Gasteiger charge is 2.37. The molecule has 1 aromatic carbocycles. The van der Waals surface area contributed by atoms with E-state index in [1.165, 1.54) is 18.7 Å². The fourth-order valence-corrected chi connectivity index (χ4v) is 4.54. The van der Waals surface area contributed by atoms with Crippen molar-refractivity contribution in [1.82, 2.24) is 9.88 Å². The molecule has 2 amide bonds. The number of aromatic nitrogens is 1. The van der Waals surface area contributed by atoms with Gasteiger partial charge in [0, 0.05) is 30.3 Å². The van der Waals surface area contributed by atoms with Crippen molar-refractivity contribution in [3.63, 3.8) is 0 Å². The maximum atomic E-state index is 12.2. The topological polar surface area (TPSA) is 109 Å². The number of hydrogen-bond donors (Lipinski definition) is 3. The highest BCUT2D eigenvalue weighted by molar-refractivity contribution is 8.04. The number of hydrogen-bond acceptors (Lipinski definition) is 6. The van der Waals surface area contributed by atoms with Gasteiger partial charge in [-0.25, -0.2) is 4.98 Å². The van der Waals surface area contributed by atoms with Gasteiger partial charge in [-0.15, -0.1) is 0 Å². The van der Waals surface area contributed by atoms with Crippen LogP contribution in [-0.4, -0.2) is 40.0 Å². The number of amides is 2. The second-order valence-corrected chi connectivity index (χ2v) is 7.56. The van der Waals surface area contributed by atoms with Crippen molar-refractivity contribution in [2.75, 3.05) is 18.5 Å². The van der Waals surface area contributed by atoms with Crippen molar-refractivity contribution in [2.24, 2.45) is 5.73 Å². The zero-order valence-electron chi connectivity index (χ0n) is 15.1. The van der Waals surface area contributed by atoms with Crippen molar-refractivity contribution in [1.29, 1.82) is 0 Å². The molecule has 2 aromatic rings. The normalized spacial score (nSPS) is 16.4. The Kier molecular flexibility index (Phi) is 6.23. The second-order valence-electron chi connectivity index (χ2n) is 6.06. The lowest BCUT2D eigenvalue weighted by molar-refractivity contribution is -0.114. The summed E-state index contributed by atoms with van der Waals surface area (Å²) in [5.74, 6) is -0.397. The number of pyridine rings is 1. The molecule has 0 saturated heterocycles. The number of aliphatic hydroxyl groups excluding tert-OH is 1. The molecule has 9 heteroatoms. The molecule has 1 atom stereocenters. The third-order valence-electron chi connectivity index (χ3n) is 4.08. The molecule has 1 aliphatic heterocycles. The van der Waals surface area contributed by atoms with Gasteiger partial charge < -0.3 is 21.1 Å². The summed E-state index contributed by atoms with van der Waals surface area (Å²) in [6, 6.07) is 10.7. The van der Waals surface area contributed by atoms with Crippen LogP contribution in [0, 0.1) is 0 Å². The molecule has 1 aromatic heterocycles. The predicted molar refractivity (Wildman–Crippen MR) is 110 cm³/mol. The number of aliphatic hydroxyl groups is 1. The smallest absolute Gasteiger partial charge is 0.257 e. The lowest BCUT2D eigenvalue weighted by atomic mass is 10.1. The van der Waals surface area contributed by atoms with Gasteiger partial charge in [0.25, 0.3) is 5.91 Å². The molecule has 0 bridgehead atoms. The van der Waals surface area contributed by atoms with Crippen LogP contribution in [0.15, 0.2) is 47.5 Å². The Morgan fingerprint density at radius 1 is 1.36 bits per heavy atom. The van der Waals surface area contributed by atoms with Gasteiger partial charge in [0.1, 0.15) is 11.2 Å². The van der Waals surface area contributed by atoms with Crippen molar-refractivity contribution in [3.8, 4) is 0 Å². The van der Waals surface area contributed by atoms with Gasteiger partial charge in [-0.1, -0.05) is 41.6 Å². The largest absolute Gasteiger partial charge is 0.395 e. The Morgan fingerprint density at radius 2 is 2.11 bits per heavy atom. The number of thioether (sulfide) groups is 1. The van der Waals surface area contributed by atoms with Crippen molar-refractivity contribution >= 4 is 46.7 Å². The zero-order chi connectivity index (χ0) is 20.3. The second kappa shape index (κ2) is 8.64. The van der Waals surface area contributed by atoms with Gasteiger partial charge in [0.15, 0.2) is 0 Å². The minimum atomic E-state index is -0.568. The molecule has 1 unspecified atom stereocenters. The van der Waals surface area contributed by atoms with Crippen LogP contribution in [0.25, 0.3) is 5.70 Å². The number of rotatable bonds is 6. The van der Waals surface area contributed by atoms with Crippen molar-refractivity contribution in [3.05, 3.63) is 63.6 Å². The van der Waals surface area contributed by atoms with Gasteiger partial charge in [0.2, 0.25) is 5.91 Å². The number of carbonyl (C=O) groups excluding carboxylic acids is 2. The number of primary amides is 1. The first kappa shape index (κ1) is 20.2. The summed E-state index contributed by atoms with van der Waals surface area (Å²) in [6.45, 7) is 1.55. The number of β-amino-alcohol motifs (C(OH)–C–C–N with tert-alkyl or cyclic N) is 1. The third-order valence-corrected chi connectivity index (χ3v) is 5.79. The molecule has 0 spiro atoms. The molecule has 0 fully saturated rings. The molecule has 2 heterocycles. The van der Waals surface area contributed by atoms with Crippen LogP contribution in [0.2, 0.25) is 5.02 Å². The summed E-state index contributed by atoms with van der Waals surface area (Å²) in [4.78, 5) is 29.9. The number of carbonyl (C=O) groups is 2. The van der Waals surface area contributed by atoms with Gasteiger partial charge in [-0.3, -0.25) is 9.59 Å². The van der Waals surface area contributed by atoms with Crippen LogP contribution in [0.4, 0.5) is 5.82 Å². The van der Waals surface area contributed by atoms with Gasteiger partial charge in [-0.05, 0) is 23.8 Å². The van der Waals surface area contributed by atoms with Crippen molar-refractivity contribution in [2.45, 2.75) is 12.3 Å². The summed E-state index contributed by atoms with van der Waals surface area (Å²) in [5, 5.41) is 12.4. The van der Waals surface area contributed by atoms with E-state index in [4.69, 9.17) is 17.3 Å². The maximum absolute atomic E-state index is 12.2. The van der Waals surface area contributed by atoms with Crippen molar-refractivity contribution < 1.29 is 14.7 Å². The van der Waals surface area contributed by atoms with Gasteiger partial charge >= 0.3 is 0 Å². The van der Waals surface area contributed by atoms with Crippen LogP contribution < -0.4 is 11.1 Å². The highest BCUT2D eigenvalue weighted by atomic mass is 35.5. The van der Waals surface area contributed by atoms with E-state index in [1.54, 1.807) is 30.5 Å². The standard InChI is InChI=1S/C19H19ClN4O3S/c1-11(26)23-15-10-12(6-7-22-15)19-24(8-9-25)16(17(28-19)18(21)27)13-4-2-3-5-14(13)20/h2-7,10,19,25H,8-9H2,1H3,(H2,21,27)(H,22,23,26). The molecular weight excluding hydrogens is 400 g/mol. The SMILES string of the molecule is CC(=O)Nc1cc(C2SC(C(N)=O)=C(c3ccccc3Cl)N2CCO)ccn1. The highest BCUT2D eigenvalue weighted by Crippen LogP contribution is 2.51. The molecule has 28 heavy (non-hydrogen) atoms. The Balaban J connectivity index is 2.07. The van der Waals surface area contributed by atoms with E-state index in [0.29, 0.717) is 27.0 Å². The Hall–Kier alpha value is -2.55. The van der Waals surface area contributed by atoms with Crippen LogP contribution >= 0.6 is 23.4 Å². The minimum Gasteiger partial charge on any atom is -0.395 e. The summed E-state index contributed by atoms with van der Waals surface area (Å²) >= 11 is 7.65. The fourth-order valence-electron chi connectivity index (χ4n) is 3.02. The minimum absolute atomic E-state index is 0.124. The fraction of sp³-hybridized carbons (Fsp3) is 0.211. The van der Waals surface area contributed by atoms with E-state index in [-0.39, 0.29) is 24.4 Å². The average Bonchev–Trinajstić information content (AvgIpc) is 3.02. The number of anilines is 1. The quantitative estimate of drug-likeness (QED) is 0.665. The number of nitrogens with zero attached hydrogens (tertiary/aromatic N) is 2. The first-order valence-corrected chi connectivity index (χ1v) is 9.74. The Labute approximate surface area is 171 Å². The number of halogens is 1. The van der Waals surface area contributed by atoms with Gasteiger partial charge in [-0.2, -0.15) is 0 Å². The molecular formula is C19H19ClN4O3S. The van der Waals surface area contributed by atoms with E-state index < -0.39 is 5.91 Å². The monoisotopic (exact) mass is 418 g/mol. The molecule has 7 nitrogen and oxygen atoms in total. The van der Waals surface area contributed by atoms with E-state index in [9.17, 15) is 14.7 Å². The molecule has 3 rings (SSSR count). The summed E-state index contributed by atoms with van der Waals surface area (Å²) in [7, 11) is 0. The summed E-state index contributed by atoms with van der Waals surface area (Å²) in [5.41, 5.74) is 7.70. The van der Waals surface area contributed by atoms with Gasteiger partial charge in [0.05, 0.1) is 17.2 Å². The summed E-state index contributed by atoms with van der Waals surface area (Å²) < 4.78 is 0. The van der Waals surface area contributed by atoms with E-state index in [2.05, 4.69) is 10.3 Å². The number of nitrogens with one attached hydrogen (secondary N) is 1. The van der Waals surface area contributed by atoms with E-state index >= 15 is 0 Å². The van der Waals surface area contributed by atoms with Crippen LogP contribution in [-0.2, 0) is 9.59 Å². The molecule has 4 N–H and O–H groups in total.